The van der Waals surface area contributed by atoms with Gasteiger partial charge in [-0.1, -0.05) is 95.8 Å². The summed E-state index contributed by atoms with van der Waals surface area (Å²) in [6.07, 6.45) is 15.1. The monoisotopic (exact) mass is 456 g/mol. The van der Waals surface area contributed by atoms with Gasteiger partial charge in [0.05, 0.1) is 12.5 Å². The van der Waals surface area contributed by atoms with E-state index in [9.17, 15) is 13.2 Å². The van der Waals surface area contributed by atoms with Crippen LogP contribution in [-0.2, 0) is 25.8 Å². The Hall–Kier alpha value is -1.44. The molecule has 0 amide bonds. The van der Waals surface area contributed by atoms with E-state index >= 15 is 0 Å². The van der Waals surface area contributed by atoms with Crippen LogP contribution in [0.25, 0.3) is 0 Å². The highest BCUT2D eigenvalue weighted by molar-refractivity contribution is 7.80. The zero-order chi connectivity index (χ0) is 23.0. The second-order valence-electron chi connectivity index (χ2n) is 8.26. The standard InChI is InChI=1S/C24H40O6S/c1-3-4-5-6-7-8-9-10-11-12-13-14-17-22-18-15-16-19-23(22)29-24(25)20-21(2)30-31(26,27)28/h15-16,18-19,21H,3-14,17,20H2,1-2H3,(H,26,27,28). The fraction of sp³-hybridized carbons (Fsp3) is 0.708. The van der Waals surface area contributed by atoms with Gasteiger partial charge < -0.3 is 4.74 Å². The molecule has 0 heterocycles. The van der Waals surface area contributed by atoms with Gasteiger partial charge in [-0.25, -0.2) is 4.18 Å². The number of ether oxygens (including phenoxy) is 1. The Bertz CT molecular complexity index is 717. The molecule has 6 nitrogen and oxygen atoms in total. The molecule has 0 aliphatic rings. The molecule has 0 fully saturated rings. The number of hydrogen-bond acceptors (Lipinski definition) is 5. The fourth-order valence-corrected chi connectivity index (χ4v) is 4.09. The van der Waals surface area contributed by atoms with Gasteiger partial charge in [-0.3, -0.25) is 9.35 Å². The third-order valence-corrected chi connectivity index (χ3v) is 5.81. The van der Waals surface area contributed by atoms with Crippen molar-refractivity contribution >= 4 is 16.4 Å². The number of unbranched alkanes of at least 4 members (excludes halogenated alkanes) is 11. The second-order valence-corrected chi connectivity index (χ2v) is 9.31. The van der Waals surface area contributed by atoms with Crippen LogP contribution < -0.4 is 4.74 Å². The van der Waals surface area contributed by atoms with Crippen molar-refractivity contribution in [1.29, 1.82) is 0 Å². The summed E-state index contributed by atoms with van der Waals surface area (Å²) in [5.74, 6) is -0.104. The lowest BCUT2D eigenvalue weighted by molar-refractivity contribution is -0.135. The minimum absolute atomic E-state index is 0.271. The number of esters is 1. The molecule has 1 aromatic carbocycles. The van der Waals surface area contributed by atoms with Gasteiger partial charge >= 0.3 is 16.4 Å². The fourth-order valence-electron chi connectivity index (χ4n) is 3.61. The van der Waals surface area contributed by atoms with Crippen molar-refractivity contribution in [2.45, 2.75) is 110 Å². The van der Waals surface area contributed by atoms with Crippen molar-refractivity contribution in [2.75, 3.05) is 0 Å². The number of aryl methyl sites for hydroxylation is 1. The lowest BCUT2D eigenvalue weighted by Crippen LogP contribution is -2.21. The molecule has 1 atom stereocenters. The molecule has 178 valence electrons. The van der Waals surface area contributed by atoms with Crippen molar-refractivity contribution in [1.82, 2.24) is 0 Å². The van der Waals surface area contributed by atoms with Crippen LogP contribution in [0.5, 0.6) is 5.75 Å². The Kier molecular flexibility index (Phi) is 14.4. The lowest BCUT2D eigenvalue weighted by Gasteiger charge is -2.12. The summed E-state index contributed by atoms with van der Waals surface area (Å²) in [5, 5.41) is 0. The Morgan fingerprint density at radius 1 is 0.903 bits per heavy atom. The lowest BCUT2D eigenvalue weighted by atomic mass is 10.0. The highest BCUT2D eigenvalue weighted by Crippen LogP contribution is 2.22. The van der Waals surface area contributed by atoms with Crippen LogP contribution in [0.4, 0.5) is 0 Å². The van der Waals surface area contributed by atoms with Crippen LogP contribution in [0.3, 0.4) is 0 Å². The van der Waals surface area contributed by atoms with Crippen LogP contribution in [0.15, 0.2) is 24.3 Å². The number of hydrogen-bond donors (Lipinski definition) is 1. The first kappa shape index (κ1) is 27.6. The van der Waals surface area contributed by atoms with Gasteiger partial charge in [-0.05, 0) is 31.4 Å². The Morgan fingerprint density at radius 3 is 1.97 bits per heavy atom. The Morgan fingerprint density at radius 2 is 1.42 bits per heavy atom. The first-order valence-corrected chi connectivity index (χ1v) is 13.1. The van der Waals surface area contributed by atoms with E-state index in [2.05, 4.69) is 11.1 Å². The van der Waals surface area contributed by atoms with Gasteiger partial charge in [0.25, 0.3) is 0 Å². The predicted molar refractivity (Wildman–Crippen MR) is 124 cm³/mol. The number of para-hydroxylation sites is 1. The van der Waals surface area contributed by atoms with E-state index in [1.165, 1.54) is 71.1 Å². The van der Waals surface area contributed by atoms with Crippen molar-refractivity contribution in [3.8, 4) is 5.75 Å². The molecule has 31 heavy (non-hydrogen) atoms. The molecule has 1 rings (SSSR count). The molecule has 1 N–H and O–H groups in total. The molecule has 0 saturated carbocycles. The molecule has 0 aromatic heterocycles. The Balaban J connectivity index is 2.22. The van der Waals surface area contributed by atoms with Crippen LogP contribution in [-0.4, -0.2) is 25.0 Å². The molecule has 1 aromatic rings. The number of carbonyl (C=O) groups excluding carboxylic acids is 1. The van der Waals surface area contributed by atoms with E-state index in [1.54, 1.807) is 12.1 Å². The van der Waals surface area contributed by atoms with Crippen molar-refractivity contribution in [3.05, 3.63) is 29.8 Å². The molecule has 0 aliphatic carbocycles. The van der Waals surface area contributed by atoms with E-state index in [0.717, 1.165) is 24.8 Å². The number of rotatable bonds is 18. The Labute approximate surface area is 188 Å². The van der Waals surface area contributed by atoms with Crippen molar-refractivity contribution < 1.29 is 26.7 Å². The first-order chi connectivity index (χ1) is 14.8. The van der Waals surface area contributed by atoms with Gasteiger partial charge in [0.1, 0.15) is 5.75 Å². The maximum Gasteiger partial charge on any atom is 0.397 e. The summed E-state index contributed by atoms with van der Waals surface area (Å²) < 4.78 is 39.8. The van der Waals surface area contributed by atoms with Crippen LogP contribution in [0.1, 0.15) is 103 Å². The number of carbonyl (C=O) groups is 1. The molecule has 0 bridgehead atoms. The van der Waals surface area contributed by atoms with Crippen LogP contribution >= 0.6 is 0 Å². The molecule has 0 aliphatic heterocycles. The normalized spacial score (nSPS) is 12.6. The maximum absolute atomic E-state index is 12.1. The third-order valence-electron chi connectivity index (χ3n) is 5.24. The van der Waals surface area contributed by atoms with Crippen LogP contribution in [0, 0.1) is 0 Å². The zero-order valence-electron chi connectivity index (χ0n) is 19.2. The highest BCUT2D eigenvalue weighted by Gasteiger charge is 2.18. The van der Waals surface area contributed by atoms with Crippen LogP contribution in [0.2, 0.25) is 0 Å². The number of benzene rings is 1. The molecular formula is C24H40O6S. The van der Waals surface area contributed by atoms with E-state index in [4.69, 9.17) is 9.29 Å². The van der Waals surface area contributed by atoms with Crippen molar-refractivity contribution in [2.24, 2.45) is 0 Å². The minimum Gasteiger partial charge on any atom is -0.426 e. The van der Waals surface area contributed by atoms with Gasteiger partial charge in [0.2, 0.25) is 0 Å². The summed E-state index contributed by atoms with van der Waals surface area (Å²) in [6.45, 7) is 3.63. The largest absolute Gasteiger partial charge is 0.426 e. The quantitative estimate of drug-likeness (QED) is 0.118. The molecule has 0 spiro atoms. The highest BCUT2D eigenvalue weighted by atomic mass is 32.3. The SMILES string of the molecule is CCCCCCCCCCCCCCc1ccccc1OC(=O)CC(C)OS(=O)(=O)O. The summed E-state index contributed by atoms with van der Waals surface area (Å²) in [4.78, 5) is 12.1. The summed E-state index contributed by atoms with van der Waals surface area (Å²) in [5.41, 5.74) is 0.964. The average Bonchev–Trinajstić information content (AvgIpc) is 2.68. The summed E-state index contributed by atoms with van der Waals surface area (Å²) >= 11 is 0. The topological polar surface area (TPSA) is 89.9 Å². The van der Waals surface area contributed by atoms with E-state index < -0.39 is 22.5 Å². The predicted octanol–water partition coefficient (Wildman–Crippen LogP) is 6.43. The molecule has 7 heteroatoms. The van der Waals surface area contributed by atoms with Gasteiger partial charge in [-0.2, -0.15) is 8.42 Å². The van der Waals surface area contributed by atoms with E-state index in [1.807, 2.05) is 12.1 Å². The first-order valence-electron chi connectivity index (χ1n) is 11.8. The van der Waals surface area contributed by atoms with Gasteiger partial charge in [0, 0.05) is 0 Å². The second kappa shape index (κ2) is 16.2. The molecule has 0 radical (unpaired) electrons. The third kappa shape index (κ3) is 15.1. The maximum atomic E-state index is 12.1. The molecular weight excluding hydrogens is 416 g/mol. The van der Waals surface area contributed by atoms with Gasteiger partial charge in [-0.15, -0.1) is 0 Å². The average molecular weight is 457 g/mol. The van der Waals surface area contributed by atoms with E-state index in [-0.39, 0.29) is 6.42 Å². The molecule has 1 unspecified atom stereocenters. The van der Waals surface area contributed by atoms with Gasteiger partial charge in [0.15, 0.2) is 0 Å². The van der Waals surface area contributed by atoms with Crippen molar-refractivity contribution in [3.63, 3.8) is 0 Å². The minimum atomic E-state index is -4.59. The zero-order valence-corrected chi connectivity index (χ0v) is 20.0. The smallest absolute Gasteiger partial charge is 0.397 e. The molecule has 0 saturated heterocycles. The summed E-state index contributed by atoms with van der Waals surface area (Å²) in [7, 11) is -4.59. The summed E-state index contributed by atoms with van der Waals surface area (Å²) in [6, 6.07) is 7.39. The van der Waals surface area contributed by atoms with E-state index in [0.29, 0.717) is 5.75 Å².